The van der Waals surface area contributed by atoms with Gasteiger partial charge in [0.2, 0.25) is 0 Å². The van der Waals surface area contributed by atoms with Crippen molar-refractivity contribution < 1.29 is 4.79 Å². The highest BCUT2D eigenvalue weighted by atomic mass is 35.5. The molecule has 0 radical (unpaired) electrons. The molecule has 20 heavy (non-hydrogen) atoms. The molecule has 1 fully saturated rings. The number of carbonyl (C=O) groups excluding carboxylic acids is 1. The van der Waals surface area contributed by atoms with Crippen molar-refractivity contribution in [3.63, 3.8) is 0 Å². The first-order valence-electron chi connectivity index (χ1n) is 6.34. The summed E-state index contributed by atoms with van der Waals surface area (Å²) in [7, 11) is 1.85. The Morgan fingerprint density at radius 2 is 2.40 bits per heavy atom. The Morgan fingerprint density at radius 3 is 3.05 bits per heavy atom. The largest absolute Gasteiger partial charge is 0.336 e. The Bertz CT molecular complexity index is 619. The van der Waals surface area contributed by atoms with Crippen LogP contribution in [0.5, 0.6) is 0 Å². The second-order valence-electron chi connectivity index (χ2n) is 4.70. The second kappa shape index (κ2) is 5.81. The molecule has 106 valence electrons. The van der Waals surface area contributed by atoms with E-state index in [9.17, 15) is 4.79 Å². The molecular weight excluding hydrogens is 314 g/mol. The van der Waals surface area contributed by atoms with Crippen molar-refractivity contribution in [2.75, 3.05) is 20.1 Å². The third-order valence-electron chi connectivity index (χ3n) is 3.41. The topological polar surface area (TPSA) is 45.2 Å². The van der Waals surface area contributed by atoms with E-state index < -0.39 is 0 Å². The Kier molecular flexibility index (Phi) is 4.07. The van der Waals surface area contributed by atoms with Gasteiger partial charge in [-0.05, 0) is 25.1 Å². The summed E-state index contributed by atoms with van der Waals surface area (Å²) in [5, 5.41) is 5.94. The number of aromatic nitrogens is 1. The van der Waals surface area contributed by atoms with Gasteiger partial charge in [-0.1, -0.05) is 11.6 Å². The predicted molar refractivity (Wildman–Crippen MR) is 83.8 cm³/mol. The summed E-state index contributed by atoms with van der Waals surface area (Å²) >= 11 is 8.89. The smallest absolute Gasteiger partial charge is 0.273 e. The number of nitrogens with one attached hydrogen (secondary N) is 1. The van der Waals surface area contributed by atoms with Gasteiger partial charge in [0.25, 0.3) is 5.91 Å². The maximum absolute atomic E-state index is 12.4. The number of thiophene rings is 1. The first-order valence-corrected chi connectivity index (χ1v) is 8.41. The number of halogens is 1. The molecule has 1 atom stereocenters. The molecule has 3 rings (SSSR count). The van der Waals surface area contributed by atoms with Gasteiger partial charge in [-0.25, -0.2) is 4.98 Å². The number of thiazole rings is 1. The number of amides is 1. The lowest BCUT2D eigenvalue weighted by atomic mass is 10.2. The van der Waals surface area contributed by atoms with Crippen molar-refractivity contribution in [3.8, 4) is 9.88 Å². The fourth-order valence-electron chi connectivity index (χ4n) is 2.23. The van der Waals surface area contributed by atoms with Crippen LogP contribution in [0.1, 0.15) is 16.9 Å². The van der Waals surface area contributed by atoms with Crippen LogP contribution in [-0.2, 0) is 0 Å². The normalized spacial score (nSPS) is 18.4. The monoisotopic (exact) mass is 327 g/mol. The molecule has 1 N–H and O–H groups in total. The lowest BCUT2D eigenvalue weighted by Gasteiger charge is -2.22. The van der Waals surface area contributed by atoms with Crippen molar-refractivity contribution in [1.29, 1.82) is 0 Å². The Morgan fingerprint density at radius 1 is 1.55 bits per heavy atom. The summed E-state index contributed by atoms with van der Waals surface area (Å²) < 4.78 is 0.734. The third-order valence-corrected chi connectivity index (χ3v) is 5.65. The molecule has 0 bridgehead atoms. The van der Waals surface area contributed by atoms with E-state index in [4.69, 9.17) is 11.6 Å². The van der Waals surface area contributed by atoms with Crippen LogP contribution in [-0.4, -0.2) is 42.0 Å². The molecule has 0 spiro atoms. The van der Waals surface area contributed by atoms with Crippen LogP contribution in [0, 0.1) is 0 Å². The molecule has 0 saturated carbocycles. The molecule has 0 aliphatic carbocycles. The van der Waals surface area contributed by atoms with Crippen molar-refractivity contribution >= 4 is 40.2 Å². The van der Waals surface area contributed by atoms with Gasteiger partial charge in [0.1, 0.15) is 10.7 Å². The zero-order chi connectivity index (χ0) is 14.1. The Labute approximate surface area is 130 Å². The maximum Gasteiger partial charge on any atom is 0.273 e. The third kappa shape index (κ3) is 2.74. The molecule has 4 nitrogen and oxygen atoms in total. The van der Waals surface area contributed by atoms with Gasteiger partial charge < -0.3 is 10.2 Å². The van der Waals surface area contributed by atoms with Crippen molar-refractivity contribution in [3.05, 3.63) is 27.5 Å². The van der Waals surface area contributed by atoms with Crippen LogP contribution in [0.25, 0.3) is 9.88 Å². The van der Waals surface area contributed by atoms with Gasteiger partial charge in [0, 0.05) is 25.0 Å². The summed E-state index contributed by atoms with van der Waals surface area (Å²) in [5.74, 6) is -0.0103. The molecule has 1 unspecified atom stereocenters. The number of likely N-dealkylation sites (N-methyl/N-ethyl adjacent to an activating group) is 1. The molecule has 1 saturated heterocycles. The van der Waals surface area contributed by atoms with Gasteiger partial charge in [-0.2, -0.15) is 0 Å². The summed E-state index contributed by atoms with van der Waals surface area (Å²) in [4.78, 5) is 19.6. The predicted octanol–water partition coefficient (Wildman–Crippen LogP) is 2.96. The van der Waals surface area contributed by atoms with Gasteiger partial charge in [-0.15, -0.1) is 22.7 Å². The maximum atomic E-state index is 12.4. The van der Waals surface area contributed by atoms with Crippen LogP contribution in [0.4, 0.5) is 0 Å². The van der Waals surface area contributed by atoms with Crippen LogP contribution in [0.15, 0.2) is 17.5 Å². The van der Waals surface area contributed by atoms with E-state index in [2.05, 4.69) is 10.3 Å². The molecule has 2 aromatic heterocycles. The number of carbonyl (C=O) groups is 1. The van der Waals surface area contributed by atoms with Gasteiger partial charge >= 0.3 is 0 Å². The highest BCUT2D eigenvalue weighted by Crippen LogP contribution is 2.33. The fraction of sp³-hybridized carbons (Fsp3) is 0.385. The molecule has 1 amide bonds. The van der Waals surface area contributed by atoms with E-state index in [1.54, 1.807) is 4.90 Å². The average Bonchev–Trinajstić information content (AvgIpc) is 3.17. The fourth-order valence-corrected chi connectivity index (χ4v) is 4.14. The summed E-state index contributed by atoms with van der Waals surface area (Å²) in [6.07, 6.45) is 1.000. The van der Waals surface area contributed by atoms with E-state index in [0.717, 1.165) is 33.7 Å². The van der Waals surface area contributed by atoms with E-state index in [-0.39, 0.29) is 11.9 Å². The number of hydrogen-bond donors (Lipinski definition) is 1. The van der Waals surface area contributed by atoms with Gasteiger partial charge in [0.15, 0.2) is 0 Å². The molecule has 7 heteroatoms. The van der Waals surface area contributed by atoms with Crippen LogP contribution >= 0.6 is 34.3 Å². The Hall–Kier alpha value is -0.950. The zero-order valence-electron chi connectivity index (χ0n) is 10.9. The van der Waals surface area contributed by atoms with Crippen molar-refractivity contribution in [2.24, 2.45) is 0 Å². The second-order valence-corrected chi connectivity index (χ2v) is 7.28. The standard InChI is InChI=1S/C13H14ClN3OS2/c1-17(8-4-5-15-6-8)13(18)9-7-19-12(16-9)10-2-3-11(14)20-10/h2-3,7-8,15H,4-6H2,1H3. The number of rotatable bonds is 3. The van der Waals surface area contributed by atoms with E-state index in [1.807, 2.05) is 24.6 Å². The van der Waals surface area contributed by atoms with Gasteiger partial charge in [-0.3, -0.25) is 4.79 Å². The highest BCUT2D eigenvalue weighted by molar-refractivity contribution is 7.23. The molecule has 3 heterocycles. The van der Waals surface area contributed by atoms with E-state index >= 15 is 0 Å². The molecule has 0 aromatic carbocycles. The van der Waals surface area contributed by atoms with Crippen molar-refractivity contribution in [1.82, 2.24) is 15.2 Å². The van der Waals surface area contributed by atoms with Crippen molar-refractivity contribution in [2.45, 2.75) is 12.5 Å². The first kappa shape index (κ1) is 14.0. The summed E-state index contributed by atoms with van der Waals surface area (Å²) in [6, 6.07) is 4.05. The minimum absolute atomic E-state index is 0.0103. The summed E-state index contributed by atoms with van der Waals surface area (Å²) in [5.41, 5.74) is 0.518. The lowest BCUT2D eigenvalue weighted by molar-refractivity contribution is 0.0739. The quantitative estimate of drug-likeness (QED) is 0.942. The molecule has 2 aromatic rings. The van der Waals surface area contributed by atoms with Crippen LogP contribution in [0.2, 0.25) is 4.34 Å². The lowest BCUT2D eigenvalue weighted by Crippen LogP contribution is -2.38. The SMILES string of the molecule is CN(C(=O)c1csc(-c2ccc(Cl)s2)n1)C1CCNC1. The van der Waals surface area contributed by atoms with Crippen LogP contribution in [0.3, 0.4) is 0 Å². The zero-order valence-corrected chi connectivity index (χ0v) is 13.3. The van der Waals surface area contributed by atoms with Gasteiger partial charge in [0.05, 0.1) is 9.21 Å². The van der Waals surface area contributed by atoms with E-state index in [0.29, 0.717) is 5.69 Å². The summed E-state index contributed by atoms with van der Waals surface area (Å²) in [6.45, 7) is 1.83. The minimum Gasteiger partial charge on any atom is -0.336 e. The van der Waals surface area contributed by atoms with Crippen LogP contribution < -0.4 is 5.32 Å². The molecular formula is C13H14ClN3OS2. The molecule has 1 aliphatic heterocycles. The average molecular weight is 328 g/mol. The molecule has 1 aliphatic rings. The first-order chi connectivity index (χ1) is 9.65. The number of hydrogen-bond acceptors (Lipinski definition) is 5. The highest BCUT2D eigenvalue weighted by Gasteiger charge is 2.25. The minimum atomic E-state index is -0.0103. The van der Waals surface area contributed by atoms with E-state index in [1.165, 1.54) is 22.7 Å². The Balaban J connectivity index is 1.77. The number of nitrogens with zero attached hydrogens (tertiary/aromatic N) is 2.